The lowest BCUT2D eigenvalue weighted by Crippen LogP contribution is -2.62. The second-order valence-corrected chi connectivity index (χ2v) is 23.8. The predicted molar refractivity (Wildman–Crippen MR) is 284 cm³/mol. The zero-order chi connectivity index (χ0) is 53.2. The highest BCUT2D eigenvalue weighted by Gasteiger charge is 2.46. The number of sulfone groups is 1. The molecule has 5 atom stereocenters. The van der Waals surface area contributed by atoms with E-state index in [0.717, 1.165) is 55.7 Å². The lowest BCUT2D eigenvalue weighted by Gasteiger charge is -2.39. The van der Waals surface area contributed by atoms with Crippen molar-refractivity contribution in [2.45, 2.75) is 126 Å². The average molecular weight is 1050 g/mol. The van der Waals surface area contributed by atoms with Gasteiger partial charge in [-0.3, -0.25) is 29.2 Å². The van der Waals surface area contributed by atoms with Gasteiger partial charge in [0.2, 0.25) is 17.7 Å². The third kappa shape index (κ3) is 11.3. The molecular weight excluding hydrogens is 977 g/mol. The second kappa shape index (κ2) is 22.2. The zero-order valence-electron chi connectivity index (χ0n) is 44.0. The van der Waals surface area contributed by atoms with E-state index in [9.17, 15) is 27.6 Å². The quantitative estimate of drug-likeness (QED) is 0.0924. The Morgan fingerprint density at radius 3 is 2.41 bits per heavy atom. The maximum atomic E-state index is 14.6. The average Bonchev–Trinajstić information content (AvgIpc) is 3.98. The molecule has 0 spiro atoms. The van der Waals surface area contributed by atoms with Gasteiger partial charge in [-0.1, -0.05) is 24.3 Å². The van der Waals surface area contributed by atoms with Crippen molar-refractivity contribution in [1.82, 2.24) is 60.8 Å². The standard InChI is InChI=1S/C53H70N14O7S/c1-32-33(2)62-63-47(32)61-48-38-26-45(75(72,73)53(4,5)6)44(27-40(38)57-31-58-48)74-25-11-19-64-21-23-65(24-22-64)46-29-55-41(28-56-46)51(70)66-20-18-36-16-17-43(67(36)52(71)42(30-66)60-49(68)34(3)54-7)50(69)59-39-15-10-13-35-12-8-9-14-37(35)39/h8-9,12,14,26-29,31,34,36,39,42-43,54H,10-11,13,15-25,30H2,1-7H3,(H,59,69)(H,60,68)(H2,57,58,61,62,63)/t34-,36?,39+,42-,43-/m0/s1. The third-order valence-corrected chi connectivity index (χ3v) is 17.8. The number of H-pyrrole nitrogens is 1. The van der Waals surface area contributed by atoms with E-state index in [1.165, 1.54) is 18.1 Å². The fraction of sp³-hybridized carbons (Fsp3) is 0.528. The lowest BCUT2D eigenvalue weighted by atomic mass is 9.87. The Morgan fingerprint density at radius 2 is 1.69 bits per heavy atom. The minimum Gasteiger partial charge on any atom is -0.492 e. The molecule has 6 heterocycles. The van der Waals surface area contributed by atoms with Crippen molar-refractivity contribution in [3.63, 3.8) is 0 Å². The number of anilines is 3. The van der Waals surface area contributed by atoms with Crippen LogP contribution in [0.5, 0.6) is 5.75 Å². The number of benzene rings is 2. The number of hydrogen-bond acceptors (Lipinski definition) is 16. The van der Waals surface area contributed by atoms with Crippen molar-refractivity contribution in [2.75, 3.05) is 69.7 Å². The van der Waals surface area contributed by atoms with E-state index in [-0.39, 0.29) is 53.4 Å². The molecule has 21 nitrogen and oxygen atoms in total. The van der Waals surface area contributed by atoms with Gasteiger partial charge in [0.15, 0.2) is 15.7 Å². The van der Waals surface area contributed by atoms with Crippen LogP contribution in [0.2, 0.25) is 0 Å². The fourth-order valence-electron chi connectivity index (χ4n) is 10.5. The molecule has 2 aromatic carbocycles. The maximum Gasteiger partial charge on any atom is 0.274 e. The van der Waals surface area contributed by atoms with Gasteiger partial charge in [-0.25, -0.2) is 28.4 Å². The number of likely N-dealkylation sites (N-methyl/N-ethyl adjacent to an activating group) is 1. The van der Waals surface area contributed by atoms with Crippen LogP contribution in [-0.4, -0.2) is 165 Å². The normalized spacial score (nSPS) is 20.9. The minimum absolute atomic E-state index is 0.0694. The molecule has 1 aliphatic carbocycles. The Kier molecular flexibility index (Phi) is 15.7. The Labute approximate surface area is 438 Å². The number of rotatable bonds is 15. The Balaban J connectivity index is 0.803. The van der Waals surface area contributed by atoms with E-state index in [1.807, 2.05) is 26.0 Å². The van der Waals surface area contributed by atoms with Crippen LogP contribution in [0.25, 0.3) is 10.9 Å². The summed E-state index contributed by atoms with van der Waals surface area (Å²) < 4.78 is 33.1. The third-order valence-electron chi connectivity index (χ3n) is 15.3. The number of carbonyl (C=O) groups excluding carboxylic acids is 4. The van der Waals surface area contributed by atoms with Gasteiger partial charge in [0.25, 0.3) is 5.91 Å². The first-order valence-electron chi connectivity index (χ1n) is 26.1. The number of piperazine rings is 1. The number of ether oxygens (including phenoxy) is 1. The summed E-state index contributed by atoms with van der Waals surface area (Å²) in [5.41, 5.74) is 4.82. The van der Waals surface area contributed by atoms with Gasteiger partial charge >= 0.3 is 0 Å². The topological polar surface area (TPSA) is 253 Å². The summed E-state index contributed by atoms with van der Waals surface area (Å²) in [6.07, 6.45) is 9.42. The van der Waals surface area contributed by atoms with Crippen LogP contribution >= 0.6 is 0 Å². The van der Waals surface area contributed by atoms with Gasteiger partial charge in [-0.2, -0.15) is 5.10 Å². The number of aryl methyl sites for hydroxylation is 2. The number of aromatic amines is 1. The summed E-state index contributed by atoms with van der Waals surface area (Å²) in [4.78, 5) is 82.0. The molecule has 400 valence electrons. The van der Waals surface area contributed by atoms with Crippen LogP contribution in [0.15, 0.2) is 60.0 Å². The largest absolute Gasteiger partial charge is 0.492 e. The zero-order valence-corrected chi connectivity index (χ0v) is 44.8. The van der Waals surface area contributed by atoms with Crippen LogP contribution in [-0.2, 0) is 30.6 Å². The van der Waals surface area contributed by atoms with E-state index >= 15 is 0 Å². The fourth-order valence-corrected chi connectivity index (χ4v) is 11.8. The molecule has 5 aromatic rings. The first-order chi connectivity index (χ1) is 35.9. The van der Waals surface area contributed by atoms with Crippen LogP contribution in [0, 0.1) is 13.8 Å². The SMILES string of the molecule is CN[C@@H](C)C(=O)N[C@H]1CN(C(=O)c2cnc(N3CCN(CCCOc4cc5ncnc(Nc6n[nH]c(C)c6C)c5cc4S(=O)(=O)C(C)(C)C)CC3)cn2)CCC2CC[C@@H](C(=O)N[C@@H]3CCCc4ccccc43)N2C1=O. The van der Waals surface area contributed by atoms with Gasteiger partial charge in [-0.05, 0) is 111 Å². The predicted octanol–water partition coefficient (Wildman–Crippen LogP) is 4.16. The molecule has 22 heteroatoms. The molecule has 4 aliphatic rings. The smallest absolute Gasteiger partial charge is 0.274 e. The van der Waals surface area contributed by atoms with Crippen LogP contribution in [0.1, 0.15) is 105 Å². The summed E-state index contributed by atoms with van der Waals surface area (Å²) in [6, 6.07) is 8.60. The molecule has 3 aliphatic heterocycles. The summed E-state index contributed by atoms with van der Waals surface area (Å²) in [7, 11) is -2.19. The van der Waals surface area contributed by atoms with Crippen molar-refractivity contribution in [3.8, 4) is 5.75 Å². The van der Waals surface area contributed by atoms with E-state index in [1.54, 1.807) is 62.9 Å². The number of hydrogen-bond donors (Lipinski definition) is 5. The van der Waals surface area contributed by atoms with Crippen molar-refractivity contribution in [2.24, 2.45) is 0 Å². The first-order valence-corrected chi connectivity index (χ1v) is 27.6. The molecule has 4 amide bonds. The molecule has 0 saturated carbocycles. The summed E-state index contributed by atoms with van der Waals surface area (Å²) in [5.74, 6) is 0.515. The van der Waals surface area contributed by atoms with Gasteiger partial charge in [0.05, 0.1) is 47.9 Å². The van der Waals surface area contributed by atoms with Crippen molar-refractivity contribution >= 4 is 61.8 Å². The number of nitrogens with one attached hydrogen (secondary N) is 5. The Morgan fingerprint density at radius 1 is 0.907 bits per heavy atom. The molecule has 1 unspecified atom stereocenters. The Hall–Kier alpha value is -6.78. The molecule has 3 fully saturated rings. The van der Waals surface area contributed by atoms with Crippen LogP contribution in [0.4, 0.5) is 17.5 Å². The lowest BCUT2D eigenvalue weighted by molar-refractivity contribution is -0.145. The van der Waals surface area contributed by atoms with Gasteiger partial charge in [0, 0.05) is 68.0 Å². The van der Waals surface area contributed by atoms with Crippen LogP contribution in [0.3, 0.4) is 0 Å². The molecular formula is C53H70N14O7S. The first kappa shape index (κ1) is 53.1. The van der Waals surface area contributed by atoms with E-state index in [0.29, 0.717) is 73.7 Å². The molecule has 3 aromatic heterocycles. The van der Waals surface area contributed by atoms with Crippen molar-refractivity contribution in [1.29, 1.82) is 0 Å². The van der Waals surface area contributed by atoms with Gasteiger partial charge < -0.3 is 40.7 Å². The Bertz CT molecular complexity index is 3030. The van der Waals surface area contributed by atoms with E-state index in [4.69, 9.17) is 4.74 Å². The molecule has 0 bridgehead atoms. The maximum absolute atomic E-state index is 14.6. The number of nitrogens with zero attached hydrogens (tertiary/aromatic N) is 9. The van der Waals surface area contributed by atoms with Gasteiger partial charge in [-0.15, -0.1) is 0 Å². The summed E-state index contributed by atoms with van der Waals surface area (Å²) in [6.45, 7) is 14.5. The highest BCUT2D eigenvalue weighted by molar-refractivity contribution is 7.92. The summed E-state index contributed by atoms with van der Waals surface area (Å²) in [5, 5.41) is 20.1. The van der Waals surface area contributed by atoms with Crippen molar-refractivity contribution < 1.29 is 32.3 Å². The molecule has 75 heavy (non-hydrogen) atoms. The number of aromatic nitrogens is 6. The van der Waals surface area contributed by atoms with E-state index < -0.39 is 44.5 Å². The second-order valence-electron chi connectivity index (χ2n) is 21.1. The molecule has 0 radical (unpaired) electrons. The number of carbonyl (C=O) groups is 4. The van der Waals surface area contributed by atoms with Crippen LogP contribution < -0.4 is 30.9 Å². The monoisotopic (exact) mass is 1050 g/mol. The van der Waals surface area contributed by atoms with E-state index in [2.05, 4.69) is 73.3 Å². The molecule has 9 rings (SSSR count). The van der Waals surface area contributed by atoms with Gasteiger partial charge in [0.1, 0.15) is 46.4 Å². The molecule has 3 saturated heterocycles. The highest BCUT2D eigenvalue weighted by Crippen LogP contribution is 2.38. The molecule has 5 N–H and O–H groups in total. The minimum atomic E-state index is -3.85. The summed E-state index contributed by atoms with van der Waals surface area (Å²) >= 11 is 0. The highest BCUT2D eigenvalue weighted by atomic mass is 32.2. The van der Waals surface area contributed by atoms with Crippen molar-refractivity contribution in [3.05, 3.63) is 83.2 Å². The number of amides is 4. The number of fused-ring (bicyclic) bond motifs is 3.